The summed E-state index contributed by atoms with van der Waals surface area (Å²) in [5.74, 6) is 0. The van der Waals surface area contributed by atoms with Gasteiger partial charge in [-0.25, -0.2) is 9.97 Å². The molecule has 0 aliphatic heterocycles. The molecule has 0 aliphatic carbocycles. The minimum atomic E-state index is 0.776. The van der Waals surface area contributed by atoms with Gasteiger partial charge in [-0.3, -0.25) is 0 Å². The van der Waals surface area contributed by atoms with Crippen LogP contribution in [0.1, 0.15) is 5.56 Å². The highest BCUT2D eigenvalue weighted by Gasteiger charge is 2.07. The average Bonchev–Trinajstić information content (AvgIpc) is 3.17. The lowest BCUT2D eigenvalue weighted by atomic mass is 10.1. The van der Waals surface area contributed by atoms with Gasteiger partial charge in [0.1, 0.15) is 5.65 Å². The Labute approximate surface area is 136 Å². The molecule has 3 nitrogen and oxygen atoms in total. The molecule has 0 bridgehead atoms. The number of pyridine rings is 1. The lowest BCUT2D eigenvalue weighted by Crippen LogP contribution is -1.85. The quantitative estimate of drug-likeness (QED) is 0.514. The Hall–Kier alpha value is -2.17. The van der Waals surface area contributed by atoms with Crippen molar-refractivity contribution in [1.29, 1.82) is 0 Å². The highest BCUT2D eigenvalue weighted by Crippen LogP contribution is 2.26. The van der Waals surface area contributed by atoms with Gasteiger partial charge in [-0.1, -0.05) is 17.7 Å². The van der Waals surface area contributed by atoms with Crippen LogP contribution in [0.4, 0.5) is 0 Å². The number of halogens is 1. The van der Waals surface area contributed by atoms with Gasteiger partial charge in [0.2, 0.25) is 0 Å². The summed E-state index contributed by atoms with van der Waals surface area (Å²) in [5.41, 5.74) is 7.90. The predicted molar refractivity (Wildman–Crippen MR) is 91.5 cm³/mol. The van der Waals surface area contributed by atoms with Crippen LogP contribution in [-0.2, 0) is 0 Å². The predicted octanol–water partition coefficient (Wildman–Crippen LogP) is 5.09. The Balaban J connectivity index is 1.81. The monoisotopic (exact) mass is 325 g/mol. The first-order chi connectivity index (χ1) is 10.7. The van der Waals surface area contributed by atoms with E-state index in [2.05, 4.69) is 22.2 Å². The van der Waals surface area contributed by atoms with Gasteiger partial charge in [-0.15, -0.1) is 11.3 Å². The number of aryl methyl sites for hydroxylation is 1. The second kappa shape index (κ2) is 5.23. The first kappa shape index (κ1) is 13.5. The molecule has 0 fully saturated rings. The zero-order chi connectivity index (χ0) is 15.1. The molecule has 108 valence electrons. The second-order valence-corrected chi connectivity index (χ2v) is 6.27. The summed E-state index contributed by atoms with van der Waals surface area (Å²) in [6, 6.07) is 10.0. The van der Waals surface area contributed by atoms with Crippen molar-refractivity contribution in [2.24, 2.45) is 0 Å². The molecule has 4 aromatic rings. The number of nitrogens with zero attached hydrogens (tertiary/aromatic N) is 3. The highest BCUT2D eigenvalue weighted by molar-refractivity contribution is 7.07. The molecule has 0 spiro atoms. The third-order valence-electron chi connectivity index (χ3n) is 3.63. The number of hydrogen-bond donors (Lipinski definition) is 0. The molecule has 0 N–H and O–H groups in total. The van der Waals surface area contributed by atoms with Gasteiger partial charge < -0.3 is 4.40 Å². The molecular formula is C17H12ClN3S. The van der Waals surface area contributed by atoms with E-state index in [0.717, 1.165) is 38.7 Å². The Kier molecular flexibility index (Phi) is 3.21. The molecular weight excluding hydrogens is 314 g/mol. The lowest BCUT2D eigenvalue weighted by Gasteiger charge is -2.00. The minimum Gasteiger partial charge on any atom is -0.306 e. The summed E-state index contributed by atoms with van der Waals surface area (Å²) in [6.45, 7) is 2.00. The number of hydrogen-bond acceptors (Lipinski definition) is 3. The van der Waals surface area contributed by atoms with Gasteiger partial charge >= 0.3 is 0 Å². The molecule has 0 saturated heterocycles. The number of fused-ring (bicyclic) bond motifs is 1. The fourth-order valence-corrected chi connectivity index (χ4v) is 3.12. The fraction of sp³-hybridized carbons (Fsp3) is 0.0588. The Morgan fingerprint density at radius 3 is 2.68 bits per heavy atom. The SMILES string of the molecule is Cc1cc(-c2cn3cc(-c4cscn4)ccc3n2)ccc1Cl. The summed E-state index contributed by atoms with van der Waals surface area (Å²) in [6.07, 6.45) is 4.09. The molecule has 1 aromatic carbocycles. The molecule has 0 amide bonds. The number of benzene rings is 1. The summed E-state index contributed by atoms with van der Waals surface area (Å²) in [5, 5.41) is 2.82. The van der Waals surface area contributed by atoms with Crippen LogP contribution in [0.5, 0.6) is 0 Å². The van der Waals surface area contributed by atoms with E-state index < -0.39 is 0 Å². The van der Waals surface area contributed by atoms with Crippen LogP contribution in [0.3, 0.4) is 0 Å². The van der Waals surface area contributed by atoms with Crippen LogP contribution >= 0.6 is 22.9 Å². The van der Waals surface area contributed by atoms with Gasteiger partial charge in [0, 0.05) is 33.9 Å². The third-order valence-corrected chi connectivity index (χ3v) is 4.64. The van der Waals surface area contributed by atoms with E-state index in [4.69, 9.17) is 11.6 Å². The van der Waals surface area contributed by atoms with E-state index in [1.165, 1.54) is 0 Å². The smallest absolute Gasteiger partial charge is 0.137 e. The molecule has 4 rings (SSSR count). The molecule has 0 unspecified atom stereocenters. The van der Waals surface area contributed by atoms with E-state index in [-0.39, 0.29) is 0 Å². The standard InChI is InChI=1S/C17H12ClN3S/c1-11-6-12(2-4-14(11)18)15-8-21-7-13(3-5-17(21)20-15)16-9-22-10-19-16/h2-10H,1H3. The van der Waals surface area contributed by atoms with E-state index >= 15 is 0 Å². The van der Waals surface area contributed by atoms with Gasteiger partial charge in [-0.2, -0.15) is 0 Å². The zero-order valence-electron chi connectivity index (χ0n) is 11.8. The van der Waals surface area contributed by atoms with Crippen molar-refractivity contribution in [3.05, 3.63) is 64.2 Å². The van der Waals surface area contributed by atoms with Crippen molar-refractivity contribution in [1.82, 2.24) is 14.4 Å². The van der Waals surface area contributed by atoms with Crippen LogP contribution in [0.25, 0.3) is 28.2 Å². The molecule has 0 radical (unpaired) electrons. The largest absolute Gasteiger partial charge is 0.306 e. The normalized spacial score (nSPS) is 11.2. The first-order valence-corrected chi connectivity index (χ1v) is 8.16. The van der Waals surface area contributed by atoms with Gasteiger partial charge in [0.25, 0.3) is 0 Å². The highest BCUT2D eigenvalue weighted by atomic mass is 35.5. The van der Waals surface area contributed by atoms with Gasteiger partial charge in [0.05, 0.1) is 16.9 Å². The minimum absolute atomic E-state index is 0.776. The summed E-state index contributed by atoms with van der Waals surface area (Å²) >= 11 is 7.69. The number of imidazole rings is 1. The topological polar surface area (TPSA) is 30.2 Å². The summed E-state index contributed by atoms with van der Waals surface area (Å²) < 4.78 is 2.04. The molecule has 0 aliphatic rings. The van der Waals surface area contributed by atoms with Crippen LogP contribution in [0.15, 0.2) is 53.6 Å². The summed E-state index contributed by atoms with van der Waals surface area (Å²) in [4.78, 5) is 9.03. The molecule has 5 heteroatoms. The van der Waals surface area contributed by atoms with E-state index in [0.29, 0.717) is 0 Å². The molecule has 3 heterocycles. The van der Waals surface area contributed by atoms with Crippen molar-refractivity contribution in [3.8, 4) is 22.5 Å². The average molecular weight is 326 g/mol. The van der Waals surface area contributed by atoms with Crippen LogP contribution in [0, 0.1) is 6.92 Å². The second-order valence-electron chi connectivity index (χ2n) is 5.15. The summed E-state index contributed by atoms with van der Waals surface area (Å²) in [7, 11) is 0. The van der Waals surface area contributed by atoms with Crippen LogP contribution in [0.2, 0.25) is 5.02 Å². The van der Waals surface area contributed by atoms with Gasteiger partial charge in [-0.05, 0) is 36.8 Å². The maximum absolute atomic E-state index is 6.09. The third kappa shape index (κ3) is 2.30. The maximum Gasteiger partial charge on any atom is 0.137 e. The number of aromatic nitrogens is 3. The van der Waals surface area contributed by atoms with E-state index in [9.17, 15) is 0 Å². The van der Waals surface area contributed by atoms with Gasteiger partial charge in [0.15, 0.2) is 0 Å². The van der Waals surface area contributed by atoms with E-state index in [1.807, 2.05) is 52.7 Å². The molecule has 0 saturated carbocycles. The van der Waals surface area contributed by atoms with Crippen LogP contribution < -0.4 is 0 Å². The zero-order valence-corrected chi connectivity index (χ0v) is 13.4. The number of rotatable bonds is 2. The number of thiazole rings is 1. The lowest BCUT2D eigenvalue weighted by molar-refractivity contribution is 1.18. The van der Waals surface area contributed by atoms with Crippen molar-refractivity contribution in [2.75, 3.05) is 0 Å². The maximum atomic E-state index is 6.09. The molecule has 3 aromatic heterocycles. The fourth-order valence-electron chi connectivity index (χ4n) is 2.44. The Morgan fingerprint density at radius 1 is 1.05 bits per heavy atom. The van der Waals surface area contributed by atoms with Crippen LogP contribution in [-0.4, -0.2) is 14.4 Å². The molecule has 22 heavy (non-hydrogen) atoms. The first-order valence-electron chi connectivity index (χ1n) is 6.84. The molecule has 0 atom stereocenters. The van der Waals surface area contributed by atoms with Crippen molar-refractivity contribution >= 4 is 28.6 Å². The van der Waals surface area contributed by atoms with Crippen molar-refractivity contribution in [3.63, 3.8) is 0 Å². The Bertz CT molecular complexity index is 957. The van der Waals surface area contributed by atoms with Crippen molar-refractivity contribution < 1.29 is 0 Å². The van der Waals surface area contributed by atoms with E-state index in [1.54, 1.807) is 11.3 Å². The van der Waals surface area contributed by atoms with Crippen molar-refractivity contribution in [2.45, 2.75) is 6.92 Å². The Morgan fingerprint density at radius 2 is 1.91 bits per heavy atom.